The van der Waals surface area contributed by atoms with Gasteiger partial charge in [-0.2, -0.15) is 5.10 Å². The first-order chi connectivity index (χ1) is 16.5. The molecule has 4 aromatic heterocycles. The first-order valence-corrected chi connectivity index (χ1v) is 10.0. The van der Waals surface area contributed by atoms with Crippen molar-refractivity contribution in [3.8, 4) is 28.4 Å². The summed E-state index contributed by atoms with van der Waals surface area (Å²) in [4.78, 5) is 17.4. The molecule has 11 heteroatoms. The van der Waals surface area contributed by atoms with E-state index in [0.29, 0.717) is 28.1 Å². The maximum Gasteiger partial charge on any atom is 0.194 e. The molecule has 4 heterocycles. The predicted octanol–water partition coefficient (Wildman–Crippen LogP) is 3.85. The molecular formula is C23H16F3N7O. The lowest BCUT2D eigenvalue weighted by atomic mass is 10.1. The summed E-state index contributed by atoms with van der Waals surface area (Å²) >= 11 is 0. The minimum Gasteiger partial charge on any atom is -0.496 e. The van der Waals surface area contributed by atoms with E-state index in [2.05, 4.69) is 25.0 Å². The first-order valence-electron chi connectivity index (χ1n) is 10.0. The molecule has 5 aromatic rings. The van der Waals surface area contributed by atoms with Gasteiger partial charge in [-0.05, 0) is 29.8 Å². The van der Waals surface area contributed by atoms with Gasteiger partial charge in [0.2, 0.25) is 0 Å². The molecule has 0 fully saturated rings. The molecule has 0 bridgehead atoms. The molecule has 5 rings (SSSR count). The Bertz CT molecular complexity index is 1540. The molecule has 0 aliphatic rings. The van der Waals surface area contributed by atoms with Crippen molar-refractivity contribution in [2.24, 2.45) is 0 Å². The highest BCUT2D eigenvalue weighted by Crippen LogP contribution is 2.33. The normalized spacial score (nSPS) is 11.2. The third kappa shape index (κ3) is 3.56. The maximum absolute atomic E-state index is 14.3. The van der Waals surface area contributed by atoms with Gasteiger partial charge in [-0.1, -0.05) is 6.07 Å². The number of anilines is 1. The number of nitrogens with two attached hydrogens (primary N) is 1. The molecule has 0 saturated heterocycles. The highest BCUT2D eigenvalue weighted by atomic mass is 19.2. The van der Waals surface area contributed by atoms with E-state index in [-0.39, 0.29) is 29.5 Å². The number of aromatic nitrogens is 6. The van der Waals surface area contributed by atoms with Crippen LogP contribution in [0.15, 0.2) is 55.1 Å². The molecule has 8 nitrogen and oxygen atoms in total. The van der Waals surface area contributed by atoms with Gasteiger partial charge in [0.15, 0.2) is 23.3 Å². The smallest absolute Gasteiger partial charge is 0.194 e. The van der Waals surface area contributed by atoms with E-state index >= 15 is 0 Å². The van der Waals surface area contributed by atoms with E-state index in [1.807, 2.05) is 0 Å². The van der Waals surface area contributed by atoms with Crippen LogP contribution in [0.2, 0.25) is 0 Å². The van der Waals surface area contributed by atoms with Crippen molar-refractivity contribution in [2.45, 2.75) is 6.42 Å². The molecule has 34 heavy (non-hydrogen) atoms. The van der Waals surface area contributed by atoms with E-state index in [1.54, 1.807) is 30.6 Å². The molecule has 0 unspecified atom stereocenters. The summed E-state index contributed by atoms with van der Waals surface area (Å²) in [6, 6.07) is 7.16. The van der Waals surface area contributed by atoms with Crippen molar-refractivity contribution in [3.05, 3.63) is 84.0 Å². The fraction of sp³-hybridized carbons (Fsp3) is 0.0870. The number of rotatable bonds is 5. The van der Waals surface area contributed by atoms with E-state index in [4.69, 9.17) is 10.5 Å². The number of methoxy groups -OCH3 is 1. The summed E-state index contributed by atoms with van der Waals surface area (Å²) in [7, 11) is 1.53. The number of ether oxygens (including phenoxy) is 1. The molecular weight excluding hydrogens is 447 g/mol. The molecule has 0 atom stereocenters. The van der Waals surface area contributed by atoms with Gasteiger partial charge < -0.3 is 10.5 Å². The van der Waals surface area contributed by atoms with Crippen molar-refractivity contribution in [3.63, 3.8) is 0 Å². The highest BCUT2D eigenvalue weighted by molar-refractivity contribution is 5.80. The van der Waals surface area contributed by atoms with Crippen LogP contribution in [-0.4, -0.2) is 36.7 Å². The number of fused-ring (bicyclic) bond motifs is 1. The molecule has 0 aliphatic heterocycles. The third-order valence-corrected chi connectivity index (χ3v) is 5.26. The number of benzene rings is 1. The predicted molar refractivity (Wildman–Crippen MR) is 117 cm³/mol. The van der Waals surface area contributed by atoms with Crippen LogP contribution in [0, 0.1) is 17.5 Å². The number of hydrogen-bond donors (Lipinski definition) is 1. The van der Waals surface area contributed by atoms with Crippen LogP contribution in [0.5, 0.6) is 5.75 Å². The third-order valence-electron chi connectivity index (χ3n) is 5.26. The van der Waals surface area contributed by atoms with Gasteiger partial charge in [-0.25, -0.2) is 32.6 Å². The summed E-state index contributed by atoms with van der Waals surface area (Å²) in [6.07, 6.45) is 6.11. The summed E-state index contributed by atoms with van der Waals surface area (Å²) < 4.78 is 48.1. The lowest BCUT2D eigenvalue weighted by Gasteiger charge is -2.09. The maximum atomic E-state index is 14.3. The molecule has 170 valence electrons. The summed E-state index contributed by atoms with van der Waals surface area (Å²) in [5, 5.41) is 4.26. The average molecular weight is 463 g/mol. The largest absolute Gasteiger partial charge is 0.496 e. The van der Waals surface area contributed by atoms with E-state index < -0.39 is 17.5 Å². The zero-order valence-electron chi connectivity index (χ0n) is 17.7. The van der Waals surface area contributed by atoms with Gasteiger partial charge in [0.1, 0.15) is 23.1 Å². The molecule has 0 spiro atoms. The van der Waals surface area contributed by atoms with Crippen LogP contribution in [0.3, 0.4) is 0 Å². The molecule has 0 saturated carbocycles. The van der Waals surface area contributed by atoms with Gasteiger partial charge in [-0.15, -0.1) is 0 Å². The second-order valence-electron chi connectivity index (χ2n) is 7.28. The summed E-state index contributed by atoms with van der Waals surface area (Å²) in [5.74, 6) is -2.84. The SMILES string of the molecule is COc1ccncc1-c1cnc(-c2nc(Cc3ccc(F)c(F)c3F)n3ncccc23)nc1N. The Morgan fingerprint density at radius 2 is 1.82 bits per heavy atom. The fourth-order valence-electron chi connectivity index (χ4n) is 3.62. The Labute approximate surface area is 190 Å². The number of nitrogen functional groups attached to an aromatic ring is 1. The van der Waals surface area contributed by atoms with Gasteiger partial charge >= 0.3 is 0 Å². The minimum atomic E-state index is -1.54. The van der Waals surface area contributed by atoms with Crippen LogP contribution in [0.25, 0.3) is 28.2 Å². The quantitative estimate of drug-likeness (QED) is 0.395. The number of pyridine rings is 1. The zero-order chi connectivity index (χ0) is 23.8. The van der Waals surface area contributed by atoms with E-state index in [1.165, 1.54) is 30.1 Å². The minimum absolute atomic E-state index is 0.0672. The van der Waals surface area contributed by atoms with E-state index in [9.17, 15) is 13.2 Å². The highest BCUT2D eigenvalue weighted by Gasteiger charge is 2.21. The van der Waals surface area contributed by atoms with Crippen molar-refractivity contribution in [1.29, 1.82) is 0 Å². The second kappa shape index (κ2) is 8.43. The van der Waals surface area contributed by atoms with Gasteiger partial charge in [0.05, 0.1) is 12.6 Å². The van der Waals surface area contributed by atoms with Crippen LogP contribution in [0.1, 0.15) is 11.4 Å². The number of hydrogen-bond acceptors (Lipinski definition) is 7. The standard InChI is InChI=1S/C23H16F3N7O/c1-34-17-6-8-28-10-13(17)14-11-29-23(32-22(14)27)21-16-3-2-7-30-33(16)18(31-21)9-12-4-5-15(24)20(26)19(12)25/h2-8,10-11H,9H2,1H3,(H2,27,29,32). The van der Waals surface area contributed by atoms with Crippen molar-refractivity contribution in [2.75, 3.05) is 12.8 Å². The average Bonchev–Trinajstić information content (AvgIpc) is 3.23. The Morgan fingerprint density at radius 3 is 2.62 bits per heavy atom. The monoisotopic (exact) mass is 463 g/mol. The van der Waals surface area contributed by atoms with Gasteiger partial charge in [0.25, 0.3) is 0 Å². The number of nitrogens with zero attached hydrogens (tertiary/aromatic N) is 6. The Morgan fingerprint density at radius 1 is 0.971 bits per heavy atom. The Hall–Kier alpha value is -4.54. The summed E-state index contributed by atoms with van der Waals surface area (Å²) in [6.45, 7) is 0. The van der Waals surface area contributed by atoms with Crippen LogP contribution in [0.4, 0.5) is 19.0 Å². The lowest BCUT2D eigenvalue weighted by molar-refractivity contribution is 0.416. The molecule has 1 aromatic carbocycles. The van der Waals surface area contributed by atoms with Gasteiger partial charge in [0, 0.05) is 42.3 Å². The Kier molecular flexibility index (Phi) is 5.28. The fourth-order valence-corrected chi connectivity index (χ4v) is 3.62. The first kappa shape index (κ1) is 21.3. The number of halogens is 3. The van der Waals surface area contributed by atoms with Crippen molar-refractivity contribution in [1.82, 2.24) is 29.5 Å². The van der Waals surface area contributed by atoms with Crippen LogP contribution in [-0.2, 0) is 6.42 Å². The molecule has 0 radical (unpaired) electrons. The topological polar surface area (TPSA) is 104 Å². The second-order valence-corrected chi connectivity index (χ2v) is 7.28. The van der Waals surface area contributed by atoms with Crippen molar-refractivity contribution >= 4 is 11.3 Å². The van der Waals surface area contributed by atoms with Gasteiger partial charge in [-0.3, -0.25) is 4.98 Å². The number of imidazole rings is 1. The van der Waals surface area contributed by atoms with E-state index in [0.717, 1.165) is 6.07 Å². The van der Waals surface area contributed by atoms with Crippen LogP contribution < -0.4 is 10.5 Å². The van der Waals surface area contributed by atoms with Crippen molar-refractivity contribution < 1.29 is 17.9 Å². The lowest BCUT2D eigenvalue weighted by Crippen LogP contribution is -2.03. The Balaban J connectivity index is 1.59. The molecule has 2 N–H and O–H groups in total. The summed E-state index contributed by atoms with van der Waals surface area (Å²) in [5.41, 5.74) is 8.20. The zero-order valence-corrected chi connectivity index (χ0v) is 17.7. The molecule has 0 amide bonds. The van der Waals surface area contributed by atoms with Crippen LogP contribution >= 0.6 is 0 Å². The molecule has 0 aliphatic carbocycles.